The van der Waals surface area contributed by atoms with E-state index in [0.29, 0.717) is 9.37 Å². The Morgan fingerprint density at radius 3 is 2.52 bits per heavy atom. The van der Waals surface area contributed by atoms with Crippen molar-refractivity contribution in [3.63, 3.8) is 0 Å². The molecule has 0 saturated heterocycles. The molecule has 0 saturated carbocycles. The number of non-ortho nitro benzene ring substituents is 1. The Labute approximate surface area is 131 Å². The van der Waals surface area contributed by atoms with E-state index in [-0.39, 0.29) is 16.1 Å². The van der Waals surface area contributed by atoms with Crippen LogP contribution in [0.25, 0.3) is 0 Å². The molecule has 21 heavy (non-hydrogen) atoms. The van der Waals surface area contributed by atoms with Crippen LogP contribution in [0, 0.1) is 15.9 Å². The number of nitro benzene ring substituents is 1. The van der Waals surface area contributed by atoms with E-state index < -0.39 is 16.7 Å². The van der Waals surface area contributed by atoms with Crippen LogP contribution in [-0.2, 0) is 0 Å². The third-order valence-corrected chi connectivity index (χ3v) is 4.55. The monoisotopic (exact) mass is 371 g/mol. The average Bonchev–Trinajstić information content (AvgIpc) is 2.42. The molecule has 0 aromatic heterocycles. The molecule has 2 aromatic rings. The summed E-state index contributed by atoms with van der Waals surface area (Å²) in [6, 6.07) is 7.54. The fourth-order valence-electron chi connectivity index (χ4n) is 1.52. The quantitative estimate of drug-likeness (QED) is 0.638. The van der Waals surface area contributed by atoms with Crippen LogP contribution in [0.2, 0.25) is 0 Å². The van der Waals surface area contributed by atoms with Gasteiger partial charge in [-0.05, 0) is 40.2 Å². The van der Waals surface area contributed by atoms with E-state index in [1.165, 1.54) is 30.3 Å². The van der Waals surface area contributed by atoms with Crippen LogP contribution in [0.4, 0.5) is 10.1 Å². The standard InChI is InChI=1S/C13H7BrFNO4S/c14-9-6-8(16(19)20)2-4-11(9)21-12-5-7(13(17)18)1-3-10(12)15/h1-6H,(H,17,18). The van der Waals surface area contributed by atoms with Gasteiger partial charge < -0.3 is 5.11 Å². The van der Waals surface area contributed by atoms with E-state index in [4.69, 9.17) is 5.11 Å². The SMILES string of the molecule is O=C(O)c1ccc(F)c(Sc2ccc([N+](=O)[O-])cc2Br)c1. The molecule has 0 spiro atoms. The predicted molar refractivity (Wildman–Crippen MR) is 78.3 cm³/mol. The smallest absolute Gasteiger partial charge is 0.335 e. The van der Waals surface area contributed by atoms with Crippen molar-refractivity contribution in [2.24, 2.45) is 0 Å². The predicted octanol–water partition coefficient (Wildman–Crippen LogP) is 4.35. The van der Waals surface area contributed by atoms with Crippen molar-refractivity contribution in [2.45, 2.75) is 9.79 Å². The second-order valence-corrected chi connectivity index (χ2v) is 5.86. The maximum atomic E-state index is 13.7. The summed E-state index contributed by atoms with van der Waals surface area (Å²) >= 11 is 4.17. The highest BCUT2D eigenvalue weighted by molar-refractivity contribution is 9.10. The summed E-state index contributed by atoms with van der Waals surface area (Å²) in [6.45, 7) is 0. The number of benzene rings is 2. The van der Waals surface area contributed by atoms with Crippen LogP contribution in [0.1, 0.15) is 10.4 Å². The number of aromatic carboxylic acids is 1. The first kappa shape index (κ1) is 15.5. The molecule has 1 N–H and O–H groups in total. The number of hydrogen-bond acceptors (Lipinski definition) is 4. The number of hydrogen-bond donors (Lipinski definition) is 1. The molecule has 108 valence electrons. The molecule has 5 nitrogen and oxygen atoms in total. The summed E-state index contributed by atoms with van der Waals surface area (Å²) in [7, 11) is 0. The molecule has 2 aromatic carbocycles. The summed E-state index contributed by atoms with van der Waals surface area (Å²) in [6.07, 6.45) is 0. The summed E-state index contributed by atoms with van der Waals surface area (Å²) < 4.78 is 14.2. The van der Waals surface area contributed by atoms with Crippen LogP contribution in [0.15, 0.2) is 50.7 Å². The minimum atomic E-state index is -1.15. The number of carboxylic acids is 1. The number of rotatable bonds is 4. The van der Waals surface area contributed by atoms with Crippen molar-refractivity contribution < 1.29 is 19.2 Å². The average molecular weight is 372 g/mol. The number of carboxylic acid groups (broad SMARTS) is 1. The summed E-state index contributed by atoms with van der Waals surface area (Å²) in [5.41, 5.74) is -0.122. The fourth-order valence-corrected chi connectivity index (χ4v) is 3.01. The molecule has 0 aliphatic rings. The second kappa shape index (κ2) is 6.23. The van der Waals surface area contributed by atoms with Gasteiger partial charge >= 0.3 is 5.97 Å². The highest BCUT2D eigenvalue weighted by atomic mass is 79.9. The first-order chi connectivity index (χ1) is 9.88. The topological polar surface area (TPSA) is 80.4 Å². The summed E-state index contributed by atoms with van der Waals surface area (Å²) in [5.74, 6) is -1.71. The van der Waals surface area contributed by atoms with Gasteiger partial charge in [0.2, 0.25) is 0 Å². The molecule has 0 aliphatic heterocycles. The molecular weight excluding hydrogens is 365 g/mol. The Morgan fingerprint density at radius 2 is 1.95 bits per heavy atom. The largest absolute Gasteiger partial charge is 0.478 e. The molecule has 0 heterocycles. The number of carbonyl (C=O) groups is 1. The zero-order valence-electron chi connectivity index (χ0n) is 10.2. The van der Waals surface area contributed by atoms with E-state index in [1.54, 1.807) is 0 Å². The molecule has 0 bridgehead atoms. The first-order valence-corrected chi connectivity index (χ1v) is 7.14. The Hall–Kier alpha value is -1.93. The number of nitro groups is 1. The van der Waals surface area contributed by atoms with Crippen LogP contribution in [-0.4, -0.2) is 16.0 Å². The van der Waals surface area contributed by atoms with Crippen LogP contribution in [0.5, 0.6) is 0 Å². The first-order valence-electron chi connectivity index (χ1n) is 5.53. The van der Waals surface area contributed by atoms with Gasteiger partial charge in [0, 0.05) is 26.4 Å². The van der Waals surface area contributed by atoms with Crippen molar-refractivity contribution in [2.75, 3.05) is 0 Å². The van der Waals surface area contributed by atoms with Crippen LogP contribution < -0.4 is 0 Å². The zero-order valence-corrected chi connectivity index (χ0v) is 12.6. The van der Waals surface area contributed by atoms with E-state index in [1.807, 2.05) is 0 Å². The van der Waals surface area contributed by atoms with Gasteiger partial charge in [-0.1, -0.05) is 11.8 Å². The lowest BCUT2D eigenvalue weighted by atomic mass is 10.2. The molecule has 0 atom stereocenters. The van der Waals surface area contributed by atoms with Crippen molar-refractivity contribution >= 4 is 39.3 Å². The number of halogens is 2. The van der Waals surface area contributed by atoms with Gasteiger partial charge in [0.25, 0.3) is 5.69 Å². The van der Waals surface area contributed by atoms with Gasteiger partial charge in [-0.15, -0.1) is 0 Å². The Kier molecular flexibility index (Phi) is 4.59. The normalized spacial score (nSPS) is 10.4. The Balaban J connectivity index is 2.36. The summed E-state index contributed by atoms with van der Waals surface area (Å²) in [5, 5.41) is 19.6. The van der Waals surface area contributed by atoms with Gasteiger partial charge in [0.05, 0.1) is 10.5 Å². The third-order valence-electron chi connectivity index (χ3n) is 2.52. The van der Waals surface area contributed by atoms with Crippen LogP contribution >= 0.6 is 27.7 Å². The van der Waals surface area contributed by atoms with Gasteiger partial charge in [-0.25, -0.2) is 9.18 Å². The third kappa shape index (κ3) is 3.59. The molecular formula is C13H7BrFNO4S. The Morgan fingerprint density at radius 1 is 1.24 bits per heavy atom. The maximum Gasteiger partial charge on any atom is 0.335 e. The Bertz CT molecular complexity index is 738. The van der Waals surface area contributed by atoms with E-state index in [9.17, 15) is 19.3 Å². The lowest BCUT2D eigenvalue weighted by Crippen LogP contribution is -1.97. The zero-order chi connectivity index (χ0) is 15.6. The molecule has 0 fully saturated rings. The van der Waals surface area contributed by atoms with Gasteiger partial charge in [0.15, 0.2) is 0 Å². The van der Waals surface area contributed by atoms with Gasteiger partial charge in [-0.3, -0.25) is 10.1 Å². The van der Waals surface area contributed by atoms with E-state index >= 15 is 0 Å². The molecule has 0 radical (unpaired) electrons. The lowest BCUT2D eigenvalue weighted by Gasteiger charge is -2.06. The molecule has 2 rings (SSSR count). The van der Waals surface area contributed by atoms with Gasteiger partial charge in [-0.2, -0.15) is 0 Å². The number of nitrogens with zero attached hydrogens (tertiary/aromatic N) is 1. The van der Waals surface area contributed by atoms with Gasteiger partial charge in [0.1, 0.15) is 5.82 Å². The fraction of sp³-hybridized carbons (Fsp3) is 0. The molecule has 0 aliphatic carbocycles. The molecule has 8 heteroatoms. The maximum absolute atomic E-state index is 13.7. The highest BCUT2D eigenvalue weighted by Crippen LogP contribution is 2.37. The minimum absolute atomic E-state index is 0.0306. The molecule has 0 amide bonds. The summed E-state index contributed by atoms with van der Waals surface area (Å²) in [4.78, 5) is 21.7. The van der Waals surface area contributed by atoms with Crippen LogP contribution in [0.3, 0.4) is 0 Å². The van der Waals surface area contributed by atoms with Crippen molar-refractivity contribution in [1.29, 1.82) is 0 Å². The van der Waals surface area contributed by atoms with Crippen molar-refractivity contribution in [1.82, 2.24) is 0 Å². The van der Waals surface area contributed by atoms with Crippen molar-refractivity contribution in [3.05, 3.63) is 62.4 Å². The lowest BCUT2D eigenvalue weighted by molar-refractivity contribution is -0.385. The minimum Gasteiger partial charge on any atom is -0.478 e. The van der Waals surface area contributed by atoms with E-state index in [0.717, 1.165) is 17.8 Å². The second-order valence-electron chi connectivity index (χ2n) is 3.92. The molecule has 0 unspecified atom stereocenters. The van der Waals surface area contributed by atoms with E-state index in [2.05, 4.69) is 15.9 Å². The van der Waals surface area contributed by atoms with Crippen molar-refractivity contribution in [3.8, 4) is 0 Å². The highest BCUT2D eigenvalue weighted by Gasteiger charge is 2.14.